The molecule has 0 unspecified atom stereocenters. The van der Waals surface area contributed by atoms with Gasteiger partial charge in [0.15, 0.2) is 10.2 Å². The van der Waals surface area contributed by atoms with Crippen LogP contribution in [0.5, 0.6) is 5.75 Å². The van der Waals surface area contributed by atoms with Crippen LogP contribution >= 0.6 is 23.6 Å². The van der Waals surface area contributed by atoms with E-state index in [-0.39, 0.29) is 5.11 Å². The summed E-state index contributed by atoms with van der Waals surface area (Å²) in [5.41, 5.74) is 1.73. The molecule has 0 fully saturated rings. The second-order valence-corrected chi connectivity index (χ2v) is 6.40. The van der Waals surface area contributed by atoms with Crippen LogP contribution in [-0.2, 0) is 4.74 Å². The van der Waals surface area contributed by atoms with Crippen LogP contribution in [0.15, 0.2) is 18.2 Å². The Hall–Kier alpha value is -2.52. The number of esters is 1. The third-order valence-electron chi connectivity index (χ3n) is 3.28. The van der Waals surface area contributed by atoms with Crippen molar-refractivity contribution in [2.45, 2.75) is 13.8 Å². The molecule has 0 atom stereocenters. The molecule has 0 aliphatic heterocycles. The number of anilines is 1. The lowest BCUT2D eigenvalue weighted by Crippen LogP contribution is -2.34. The van der Waals surface area contributed by atoms with E-state index in [9.17, 15) is 9.59 Å². The molecule has 0 aliphatic carbocycles. The van der Waals surface area contributed by atoms with Crippen molar-refractivity contribution in [1.82, 2.24) is 10.3 Å². The minimum absolute atomic E-state index is 0.0683. The van der Waals surface area contributed by atoms with Gasteiger partial charge in [0, 0.05) is 0 Å². The second-order valence-electron chi connectivity index (χ2n) is 4.99. The van der Waals surface area contributed by atoms with Crippen LogP contribution < -0.4 is 15.4 Å². The maximum Gasteiger partial charge on any atom is 0.350 e. The van der Waals surface area contributed by atoms with Gasteiger partial charge in [-0.3, -0.25) is 10.1 Å². The van der Waals surface area contributed by atoms with Crippen molar-refractivity contribution in [3.8, 4) is 5.75 Å². The number of carbonyl (C=O) groups is 2. The van der Waals surface area contributed by atoms with E-state index in [0.717, 1.165) is 16.9 Å². The Morgan fingerprint density at radius 2 is 1.96 bits per heavy atom. The van der Waals surface area contributed by atoms with Crippen LogP contribution in [0.4, 0.5) is 5.13 Å². The summed E-state index contributed by atoms with van der Waals surface area (Å²) in [6.45, 7) is 3.53. The maximum atomic E-state index is 12.4. The number of carbonyl (C=O) groups excluding carboxylic acids is 2. The number of rotatable bonds is 4. The Balaban J connectivity index is 2.09. The van der Waals surface area contributed by atoms with E-state index in [0.29, 0.717) is 27.0 Å². The highest BCUT2D eigenvalue weighted by atomic mass is 32.1. The summed E-state index contributed by atoms with van der Waals surface area (Å²) in [6, 6.07) is 5.25. The molecule has 2 rings (SSSR count). The van der Waals surface area contributed by atoms with Crippen molar-refractivity contribution in [3.63, 3.8) is 0 Å². The number of thiazole rings is 1. The molecule has 9 heteroatoms. The van der Waals surface area contributed by atoms with E-state index < -0.39 is 11.9 Å². The van der Waals surface area contributed by atoms with Crippen molar-refractivity contribution in [3.05, 3.63) is 39.9 Å². The van der Waals surface area contributed by atoms with Gasteiger partial charge in [0.2, 0.25) is 0 Å². The summed E-state index contributed by atoms with van der Waals surface area (Å²) >= 11 is 6.23. The van der Waals surface area contributed by atoms with Gasteiger partial charge in [-0.1, -0.05) is 23.5 Å². The maximum absolute atomic E-state index is 12.4. The van der Waals surface area contributed by atoms with Gasteiger partial charge in [-0.05, 0) is 37.7 Å². The van der Waals surface area contributed by atoms with Gasteiger partial charge in [-0.25, -0.2) is 9.78 Å². The molecule has 0 radical (unpaired) electrons. The lowest BCUT2D eigenvalue weighted by molar-refractivity contribution is 0.0605. The highest BCUT2D eigenvalue weighted by Crippen LogP contribution is 2.24. The average Bonchev–Trinajstić information content (AvgIpc) is 2.93. The van der Waals surface area contributed by atoms with Gasteiger partial charge in [-0.15, -0.1) is 0 Å². The predicted molar refractivity (Wildman–Crippen MR) is 99.6 cm³/mol. The van der Waals surface area contributed by atoms with E-state index in [4.69, 9.17) is 17.0 Å². The van der Waals surface area contributed by atoms with E-state index in [1.165, 1.54) is 14.2 Å². The molecule has 1 aromatic heterocycles. The molecule has 1 heterocycles. The molecule has 2 aromatic rings. The number of thiocarbonyl (C=S) groups is 1. The molecular formula is C16H17N3O4S2. The number of benzene rings is 1. The Kier molecular flexibility index (Phi) is 6.05. The zero-order chi connectivity index (χ0) is 18.6. The van der Waals surface area contributed by atoms with E-state index in [2.05, 4.69) is 20.4 Å². The lowest BCUT2D eigenvalue weighted by Gasteiger charge is -2.12. The van der Waals surface area contributed by atoms with Crippen LogP contribution in [-0.4, -0.2) is 36.2 Å². The molecular weight excluding hydrogens is 362 g/mol. The number of nitrogens with one attached hydrogen (secondary N) is 2. The summed E-state index contributed by atoms with van der Waals surface area (Å²) in [6.07, 6.45) is 0. The summed E-state index contributed by atoms with van der Waals surface area (Å²) < 4.78 is 9.95. The van der Waals surface area contributed by atoms with E-state index >= 15 is 0 Å². The van der Waals surface area contributed by atoms with Gasteiger partial charge in [0.05, 0.1) is 25.5 Å². The zero-order valence-corrected chi connectivity index (χ0v) is 15.8. The van der Waals surface area contributed by atoms with E-state index in [1.54, 1.807) is 19.1 Å². The van der Waals surface area contributed by atoms with Gasteiger partial charge in [0.1, 0.15) is 10.6 Å². The van der Waals surface area contributed by atoms with Crippen LogP contribution in [0.2, 0.25) is 0 Å². The fourth-order valence-electron chi connectivity index (χ4n) is 2.13. The van der Waals surface area contributed by atoms with Gasteiger partial charge < -0.3 is 14.8 Å². The van der Waals surface area contributed by atoms with Crippen LogP contribution in [0, 0.1) is 13.8 Å². The normalized spacial score (nSPS) is 10.1. The minimum atomic E-state index is -0.470. The van der Waals surface area contributed by atoms with Crippen molar-refractivity contribution in [2.24, 2.45) is 0 Å². The highest BCUT2D eigenvalue weighted by Gasteiger charge is 2.18. The molecule has 1 amide bonds. The number of hydrogen-bond donors (Lipinski definition) is 2. The monoisotopic (exact) mass is 379 g/mol. The number of methoxy groups -OCH3 is 2. The van der Waals surface area contributed by atoms with Crippen molar-refractivity contribution in [2.75, 3.05) is 19.5 Å². The Bertz CT molecular complexity index is 833. The SMILES string of the molecule is COC(=O)c1sc(NC(=S)NC(=O)c2cccc(C)c2OC)nc1C. The Labute approximate surface area is 154 Å². The minimum Gasteiger partial charge on any atom is -0.496 e. The van der Waals surface area contributed by atoms with Gasteiger partial charge >= 0.3 is 5.97 Å². The number of aryl methyl sites for hydroxylation is 2. The molecule has 25 heavy (non-hydrogen) atoms. The highest BCUT2D eigenvalue weighted by molar-refractivity contribution is 7.80. The lowest BCUT2D eigenvalue weighted by atomic mass is 10.1. The topological polar surface area (TPSA) is 89.6 Å². The second kappa shape index (κ2) is 8.04. The number of amides is 1. The Morgan fingerprint density at radius 3 is 2.60 bits per heavy atom. The van der Waals surface area contributed by atoms with Crippen LogP contribution in [0.25, 0.3) is 0 Å². The summed E-state index contributed by atoms with van der Waals surface area (Å²) in [4.78, 5) is 28.6. The number of para-hydroxylation sites is 1. The van der Waals surface area contributed by atoms with Crippen LogP contribution in [0.1, 0.15) is 31.3 Å². The first kappa shape index (κ1) is 18.8. The Morgan fingerprint density at radius 1 is 1.24 bits per heavy atom. The largest absolute Gasteiger partial charge is 0.496 e. The third kappa shape index (κ3) is 4.31. The molecule has 0 saturated heterocycles. The molecule has 1 aromatic carbocycles. The van der Waals surface area contributed by atoms with Crippen molar-refractivity contribution >= 4 is 45.7 Å². The number of hydrogen-bond acceptors (Lipinski definition) is 7. The van der Waals surface area contributed by atoms with Crippen LogP contribution in [0.3, 0.4) is 0 Å². The van der Waals surface area contributed by atoms with Gasteiger partial charge in [0.25, 0.3) is 5.91 Å². The molecule has 0 saturated carbocycles. The average molecular weight is 379 g/mol. The zero-order valence-electron chi connectivity index (χ0n) is 14.1. The first-order valence-electron chi connectivity index (χ1n) is 7.19. The first-order chi connectivity index (χ1) is 11.9. The number of ether oxygens (including phenoxy) is 2. The van der Waals surface area contributed by atoms with Crippen molar-refractivity contribution in [1.29, 1.82) is 0 Å². The van der Waals surface area contributed by atoms with Gasteiger partial charge in [-0.2, -0.15) is 0 Å². The molecule has 0 bridgehead atoms. The molecule has 0 spiro atoms. The molecule has 7 nitrogen and oxygen atoms in total. The summed E-state index contributed by atoms with van der Waals surface area (Å²) in [5.74, 6) is -0.386. The smallest absolute Gasteiger partial charge is 0.350 e. The quantitative estimate of drug-likeness (QED) is 0.623. The number of aromatic nitrogens is 1. The summed E-state index contributed by atoms with van der Waals surface area (Å²) in [5, 5.41) is 5.82. The molecule has 132 valence electrons. The number of nitrogens with zero attached hydrogens (tertiary/aromatic N) is 1. The van der Waals surface area contributed by atoms with Crippen molar-refractivity contribution < 1.29 is 19.1 Å². The predicted octanol–water partition coefficient (Wildman–Crippen LogP) is 2.68. The fourth-order valence-corrected chi connectivity index (χ4v) is 3.28. The third-order valence-corrected chi connectivity index (χ3v) is 4.53. The first-order valence-corrected chi connectivity index (χ1v) is 8.41. The molecule has 2 N–H and O–H groups in total. The van der Waals surface area contributed by atoms with E-state index in [1.807, 2.05) is 13.0 Å². The molecule has 0 aliphatic rings. The summed E-state index contributed by atoms with van der Waals surface area (Å²) in [7, 11) is 2.80. The standard InChI is InChI=1S/C16H17N3O4S2/c1-8-6-5-7-10(11(8)22-3)13(20)18-15(24)19-16-17-9(2)12(25-16)14(21)23-4/h5-7H,1-4H3,(H2,17,18,19,20,24). The fraction of sp³-hybridized carbons (Fsp3) is 0.250.